The highest BCUT2D eigenvalue weighted by Crippen LogP contribution is 2.27. The first-order chi connectivity index (χ1) is 9.65. The fourth-order valence-electron chi connectivity index (χ4n) is 1.94. The summed E-state index contributed by atoms with van der Waals surface area (Å²) in [6.45, 7) is 3.62. The van der Waals surface area contributed by atoms with Gasteiger partial charge in [-0.3, -0.25) is 0 Å². The van der Waals surface area contributed by atoms with Gasteiger partial charge in [0.2, 0.25) is 5.13 Å². The predicted molar refractivity (Wildman–Crippen MR) is 78.2 cm³/mol. The third-order valence-electron chi connectivity index (χ3n) is 2.98. The molecule has 0 unspecified atom stereocenters. The lowest BCUT2D eigenvalue weighted by atomic mass is 10.1. The van der Waals surface area contributed by atoms with Crippen LogP contribution in [0.25, 0.3) is 0 Å². The van der Waals surface area contributed by atoms with Crippen molar-refractivity contribution >= 4 is 33.9 Å². The number of aromatic nitrogens is 3. The normalized spacial score (nSPS) is 14.8. The van der Waals surface area contributed by atoms with Gasteiger partial charge in [0.1, 0.15) is 16.9 Å². The van der Waals surface area contributed by atoms with Gasteiger partial charge in [-0.15, -0.1) is 10.2 Å². The second-order valence-electron chi connectivity index (χ2n) is 4.52. The van der Waals surface area contributed by atoms with Crippen molar-refractivity contribution < 1.29 is 0 Å². The number of hydrogen-bond donors (Lipinski definition) is 1. The predicted octanol–water partition coefficient (Wildman–Crippen LogP) is 2.07. The van der Waals surface area contributed by atoms with Crippen LogP contribution in [0.2, 0.25) is 5.02 Å². The van der Waals surface area contributed by atoms with Crippen molar-refractivity contribution in [3.8, 4) is 6.07 Å². The first-order valence-corrected chi connectivity index (χ1v) is 7.22. The van der Waals surface area contributed by atoms with Crippen molar-refractivity contribution in [1.29, 1.82) is 5.26 Å². The summed E-state index contributed by atoms with van der Waals surface area (Å²) < 4.78 is 0. The molecule has 8 heteroatoms. The molecule has 1 N–H and O–H groups in total. The molecule has 0 bridgehead atoms. The number of aryl methyl sites for hydroxylation is 1. The maximum Gasteiger partial charge on any atom is 0.208 e. The first kappa shape index (κ1) is 13.1. The molecule has 2 aromatic heterocycles. The van der Waals surface area contributed by atoms with Crippen LogP contribution in [0.3, 0.4) is 0 Å². The third-order valence-corrected chi connectivity index (χ3v) is 4.17. The summed E-state index contributed by atoms with van der Waals surface area (Å²) in [5.74, 6) is 0.615. The van der Waals surface area contributed by atoms with Gasteiger partial charge in [-0.1, -0.05) is 22.9 Å². The molecule has 0 atom stereocenters. The molecule has 1 aliphatic rings. The van der Waals surface area contributed by atoms with Gasteiger partial charge in [-0.2, -0.15) is 5.26 Å². The Kier molecular flexibility index (Phi) is 3.42. The average molecular weight is 307 g/mol. The molecule has 1 aliphatic heterocycles. The van der Waals surface area contributed by atoms with Crippen LogP contribution in [-0.4, -0.2) is 34.3 Å². The van der Waals surface area contributed by atoms with Crippen LogP contribution >= 0.6 is 22.9 Å². The number of anilines is 2. The van der Waals surface area contributed by atoms with Crippen molar-refractivity contribution in [3.63, 3.8) is 0 Å². The Labute approximate surface area is 125 Å². The molecule has 0 aromatic carbocycles. The topological polar surface area (TPSA) is 77.7 Å². The van der Waals surface area contributed by atoms with E-state index in [1.165, 1.54) is 6.20 Å². The van der Waals surface area contributed by atoms with E-state index in [2.05, 4.69) is 25.4 Å². The van der Waals surface area contributed by atoms with E-state index < -0.39 is 0 Å². The summed E-state index contributed by atoms with van der Waals surface area (Å²) in [5, 5.41) is 22.5. The fourth-order valence-corrected chi connectivity index (χ4v) is 2.87. The molecule has 20 heavy (non-hydrogen) atoms. The van der Waals surface area contributed by atoms with Gasteiger partial charge in [-0.05, 0) is 13.0 Å². The lowest BCUT2D eigenvalue weighted by molar-refractivity contribution is 0.546. The molecule has 0 aliphatic carbocycles. The average Bonchev–Trinajstić information content (AvgIpc) is 2.81. The summed E-state index contributed by atoms with van der Waals surface area (Å²) in [6.07, 6.45) is 1.51. The zero-order valence-electron chi connectivity index (χ0n) is 10.7. The Morgan fingerprint density at radius 1 is 1.50 bits per heavy atom. The number of nitrogens with zero attached hydrogens (tertiary/aromatic N) is 5. The highest BCUT2D eigenvalue weighted by molar-refractivity contribution is 7.15. The largest absolute Gasteiger partial charge is 0.363 e. The Bertz CT molecular complexity index is 673. The second kappa shape index (κ2) is 5.23. The van der Waals surface area contributed by atoms with Crippen LogP contribution in [0.1, 0.15) is 10.6 Å². The van der Waals surface area contributed by atoms with Crippen molar-refractivity contribution in [1.82, 2.24) is 15.2 Å². The number of hydrogen-bond acceptors (Lipinski definition) is 7. The SMILES string of the molecule is Cc1nnc(N2CC(Nc3ncc(C#N)cc3Cl)C2)s1. The summed E-state index contributed by atoms with van der Waals surface area (Å²) in [6, 6.07) is 3.90. The van der Waals surface area contributed by atoms with Gasteiger partial charge in [0.05, 0.1) is 16.6 Å². The van der Waals surface area contributed by atoms with E-state index >= 15 is 0 Å². The zero-order valence-corrected chi connectivity index (χ0v) is 12.2. The van der Waals surface area contributed by atoms with Crippen LogP contribution < -0.4 is 10.2 Å². The minimum atomic E-state index is 0.275. The number of rotatable bonds is 3. The molecule has 3 heterocycles. The molecule has 0 saturated carbocycles. The number of nitrogens with one attached hydrogen (secondary N) is 1. The van der Waals surface area contributed by atoms with Crippen LogP contribution in [-0.2, 0) is 0 Å². The number of nitriles is 1. The number of halogens is 1. The van der Waals surface area contributed by atoms with E-state index in [0.717, 1.165) is 23.2 Å². The van der Waals surface area contributed by atoms with E-state index in [9.17, 15) is 0 Å². The molecule has 102 valence electrons. The van der Waals surface area contributed by atoms with E-state index in [1.54, 1.807) is 17.4 Å². The van der Waals surface area contributed by atoms with Crippen molar-refractivity contribution in [2.24, 2.45) is 0 Å². The Hall–Kier alpha value is -1.91. The van der Waals surface area contributed by atoms with Crippen LogP contribution in [0.15, 0.2) is 12.3 Å². The van der Waals surface area contributed by atoms with Gasteiger partial charge in [-0.25, -0.2) is 4.98 Å². The molecule has 0 spiro atoms. The molecule has 0 amide bonds. The molecule has 1 fully saturated rings. The minimum Gasteiger partial charge on any atom is -0.363 e. The number of pyridine rings is 1. The fraction of sp³-hybridized carbons (Fsp3) is 0.333. The second-order valence-corrected chi connectivity index (χ2v) is 6.08. The lowest BCUT2D eigenvalue weighted by Crippen LogP contribution is -2.55. The molecule has 0 radical (unpaired) electrons. The third kappa shape index (κ3) is 2.53. The first-order valence-electron chi connectivity index (χ1n) is 6.03. The van der Waals surface area contributed by atoms with Crippen LogP contribution in [0.5, 0.6) is 0 Å². The summed E-state index contributed by atoms with van der Waals surface area (Å²) >= 11 is 7.67. The molecule has 3 rings (SSSR count). The highest BCUT2D eigenvalue weighted by atomic mass is 35.5. The van der Waals surface area contributed by atoms with E-state index in [4.69, 9.17) is 16.9 Å². The van der Waals surface area contributed by atoms with Crippen LogP contribution in [0.4, 0.5) is 10.9 Å². The molecular formula is C12H11ClN6S. The quantitative estimate of drug-likeness (QED) is 0.935. The van der Waals surface area contributed by atoms with Gasteiger partial charge >= 0.3 is 0 Å². The summed E-state index contributed by atoms with van der Waals surface area (Å²) in [4.78, 5) is 6.32. The smallest absolute Gasteiger partial charge is 0.208 e. The van der Waals surface area contributed by atoms with Gasteiger partial charge in [0, 0.05) is 19.3 Å². The van der Waals surface area contributed by atoms with Crippen molar-refractivity contribution in [2.75, 3.05) is 23.3 Å². The maximum absolute atomic E-state index is 8.77. The van der Waals surface area contributed by atoms with E-state index in [0.29, 0.717) is 16.4 Å². The standard InChI is InChI=1S/C12H11ClN6S/c1-7-17-18-12(20-7)19-5-9(6-19)16-11-10(13)2-8(3-14)4-15-11/h2,4,9H,5-6H2,1H3,(H,15,16). The maximum atomic E-state index is 8.77. The zero-order chi connectivity index (χ0) is 14.1. The Morgan fingerprint density at radius 2 is 2.30 bits per heavy atom. The van der Waals surface area contributed by atoms with Gasteiger partial charge in [0.25, 0.3) is 0 Å². The lowest BCUT2D eigenvalue weighted by Gasteiger charge is -2.39. The monoisotopic (exact) mass is 306 g/mol. The minimum absolute atomic E-state index is 0.275. The Balaban J connectivity index is 1.60. The van der Waals surface area contributed by atoms with Gasteiger partial charge in [0.15, 0.2) is 0 Å². The molecule has 6 nitrogen and oxygen atoms in total. The molecule has 2 aromatic rings. The van der Waals surface area contributed by atoms with E-state index in [-0.39, 0.29) is 6.04 Å². The molecule has 1 saturated heterocycles. The Morgan fingerprint density at radius 3 is 2.90 bits per heavy atom. The molecular weight excluding hydrogens is 296 g/mol. The summed E-state index contributed by atoms with van der Waals surface area (Å²) in [7, 11) is 0. The highest BCUT2D eigenvalue weighted by Gasteiger charge is 2.29. The van der Waals surface area contributed by atoms with Crippen LogP contribution in [0, 0.1) is 18.3 Å². The van der Waals surface area contributed by atoms with E-state index in [1.807, 2.05) is 13.0 Å². The van der Waals surface area contributed by atoms with Gasteiger partial charge < -0.3 is 10.2 Å². The van der Waals surface area contributed by atoms with Crippen molar-refractivity contribution in [2.45, 2.75) is 13.0 Å². The summed E-state index contributed by atoms with van der Waals surface area (Å²) in [5.41, 5.74) is 0.458. The van der Waals surface area contributed by atoms with Crippen molar-refractivity contribution in [3.05, 3.63) is 27.9 Å².